The highest BCUT2D eigenvalue weighted by Crippen LogP contribution is 2.36. The van der Waals surface area contributed by atoms with Crippen molar-refractivity contribution in [2.24, 2.45) is 16.3 Å². The first-order chi connectivity index (χ1) is 10.2. The molecule has 0 radical (unpaired) electrons. The van der Waals surface area contributed by atoms with Gasteiger partial charge in [-0.3, -0.25) is 4.79 Å². The molecule has 1 saturated carbocycles. The molecule has 0 atom stereocenters. The van der Waals surface area contributed by atoms with Crippen molar-refractivity contribution in [2.45, 2.75) is 51.4 Å². The van der Waals surface area contributed by atoms with E-state index < -0.39 is 5.41 Å². The molecule has 0 aromatic carbocycles. The fraction of sp³-hybridized carbons (Fsp3) is 0.867. The van der Waals surface area contributed by atoms with Gasteiger partial charge in [0.05, 0.1) is 0 Å². The average Bonchev–Trinajstić information content (AvgIpc) is 2.55. The number of piperidine rings is 1. The van der Waals surface area contributed by atoms with Crippen molar-refractivity contribution in [3.05, 3.63) is 0 Å². The number of nitrogens with zero attached hydrogens (tertiary/aromatic N) is 2. The molecule has 6 nitrogen and oxygen atoms in total. The number of likely N-dealkylation sites (tertiary alicyclic amines) is 1. The highest BCUT2D eigenvalue weighted by atomic mass is 16.4. The van der Waals surface area contributed by atoms with Gasteiger partial charge in [-0.05, 0) is 38.8 Å². The van der Waals surface area contributed by atoms with Gasteiger partial charge in [-0.25, -0.2) is 0 Å². The Balaban J connectivity index is 1.86. The lowest BCUT2D eigenvalue weighted by Crippen LogP contribution is -2.52. The second-order valence-corrected chi connectivity index (χ2v) is 6.29. The van der Waals surface area contributed by atoms with E-state index >= 15 is 0 Å². The fourth-order valence-corrected chi connectivity index (χ4v) is 3.53. The molecule has 0 aromatic heterocycles. The standard InChI is InChI=1S/C15H28N4O2/c16-13(18-21)15(7-3-1-4-8-15)14(20)17-9-12-19-10-5-2-6-11-19/h21H,1-12H2,(H2,16,18)(H,17,20). The Bertz CT molecular complexity index is 372. The summed E-state index contributed by atoms with van der Waals surface area (Å²) in [5.41, 5.74) is 5.03. The van der Waals surface area contributed by atoms with Crippen LogP contribution in [-0.2, 0) is 4.79 Å². The lowest BCUT2D eigenvalue weighted by molar-refractivity contribution is -0.129. The number of rotatable bonds is 5. The van der Waals surface area contributed by atoms with Crippen LogP contribution in [0, 0.1) is 5.41 Å². The summed E-state index contributed by atoms with van der Waals surface area (Å²) < 4.78 is 0. The molecule has 6 heteroatoms. The first-order valence-corrected chi connectivity index (χ1v) is 8.18. The molecule has 0 aromatic rings. The van der Waals surface area contributed by atoms with E-state index in [-0.39, 0.29) is 11.7 Å². The first kappa shape index (κ1) is 16.1. The Morgan fingerprint density at radius 1 is 1.14 bits per heavy atom. The van der Waals surface area contributed by atoms with Crippen LogP contribution in [0.3, 0.4) is 0 Å². The zero-order chi connectivity index (χ0) is 15.1. The fourth-order valence-electron chi connectivity index (χ4n) is 3.53. The molecule has 2 aliphatic rings. The Labute approximate surface area is 126 Å². The highest BCUT2D eigenvalue weighted by Gasteiger charge is 2.43. The van der Waals surface area contributed by atoms with Gasteiger partial charge in [0, 0.05) is 13.1 Å². The molecule has 1 aliphatic carbocycles. The van der Waals surface area contributed by atoms with Crippen LogP contribution in [0.25, 0.3) is 0 Å². The summed E-state index contributed by atoms with van der Waals surface area (Å²) in [4.78, 5) is 15.0. The maximum atomic E-state index is 12.6. The third kappa shape index (κ3) is 3.87. The smallest absolute Gasteiger partial charge is 0.233 e. The SMILES string of the molecule is NC(=NO)C1(C(=O)NCCN2CCCCC2)CCCCC1. The predicted octanol–water partition coefficient (Wildman–Crippen LogP) is 1.29. The summed E-state index contributed by atoms with van der Waals surface area (Å²) in [6.07, 6.45) is 8.20. The van der Waals surface area contributed by atoms with Crippen LogP contribution in [0.4, 0.5) is 0 Å². The van der Waals surface area contributed by atoms with Gasteiger partial charge in [-0.2, -0.15) is 0 Å². The number of nitrogens with two attached hydrogens (primary N) is 1. The van der Waals surface area contributed by atoms with Gasteiger partial charge in [-0.15, -0.1) is 0 Å². The van der Waals surface area contributed by atoms with Crippen molar-refractivity contribution in [1.82, 2.24) is 10.2 Å². The Morgan fingerprint density at radius 3 is 2.38 bits per heavy atom. The summed E-state index contributed by atoms with van der Waals surface area (Å²) in [5, 5.41) is 15.1. The highest BCUT2D eigenvalue weighted by molar-refractivity contribution is 6.06. The molecular formula is C15H28N4O2. The number of amidine groups is 1. The molecule has 0 bridgehead atoms. The van der Waals surface area contributed by atoms with Crippen molar-refractivity contribution >= 4 is 11.7 Å². The molecule has 4 N–H and O–H groups in total. The molecule has 0 unspecified atom stereocenters. The minimum atomic E-state index is -0.797. The third-order valence-electron chi connectivity index (χ3n) is 4.90. The van der Waals surface area contributed by atoms with Crippen molar-refractivity contribution < 1.29 is 10.0 Å². The van der Waals surface area contributed by atoms with Gasteiger partial charge < -0.3 is 21.2 Å². The van der Waals surface area contributed by atoms with E-state index in [1.54, 1.807) is 0 Å². The lowest BCUT2D eigenvalue weighted by atomic mass is 9.72. The van der Waals surface area contributed by atoms with E-state index in [9.17, 15) is 4.79 Å². The molecule has 1 aliphatic heterocycles. The molecule has 1 amide bonds. The van der Waals surface area contributed by atoms with Crippen LogP contribution >= 0.6 is 0 Å². The second-order valence-electron chi connectivity index (χ2n) is 6.29. The zero-order valence-corrected chi connectivity index (χ0v) is 12.8. The van der Waals surface area contributed by atoms with E-state index in [0.29, 0.717) is 19.4 Å². The summed E-state index contributed by atoms with van der Waals surface area (Å²) >= 11 is 0. The predicted molar refractivity (Wildman–Crippen MR) is 82.2 cm³/mol. The topological polar surface area (TPSA) is 91.0 Å². The van der Waals surface area contributed by atoms with Crippen LogP contribution in [-0.4, -0.2) is 48.0 Å². The van der Waals surface area contributed by atoms with Crippen molar-refractivity contribution in [2.75, 3.05) is 26.2 Å². The number of oxime groups is 1. The van der Waals surface area contributed by atoms with E-state index in [0.717, 1.165) is 38.9 Å². The van der Waals surface area contributed by atoms with Gasteiger partial charge in [0.25, 0.3) is 0 Å². The quantitative estimate of drug-likeness (QED) is 0.308. The van der Waals surface area contributed by atoms with E-state index in [1.165, 1.54) is 19.3 Å². The van der Waals surface area contributed by atoms with E-state index in [4.69, 9.17) is 10.9 Å². The van der Waals surface area contributed by atoms with Crippen LogP contribution in [0.5, 0.6) is 0 Å². The van der Waals surface area contributed by atoms with Crippen LogP contribution < -0.4 is 11.1 Å². The number of carbonyl (C=O) groups is 1. The molecular weight excluding hydrogens is 268 g/mol. The molecule has 1 saturated heterocycles. The summed E-state index contributed by atoms with van der Waals surface area (Å²) in [6, 6.07) is 0. The second kappa shape index (κ2) is 7.64. The minimum absolute atomic E-state index is 0.0673. The van der Waals surface area contributed by atoms with Gasteiger partial charge in [0.1, 0.15) is 5.41 Å². The minimum Gasteiger partial charge on any atom is -0.409 e. The van der Waals surface area contributed by atoms with E-state index in [2.05, 4.69) is 15.4 Å². The average molecular weight is 296 g/mol. The number of hydrogen-bond donors (Lipinski definition) is 3. The van der Waals surface area contributed by atoms with Gasteiger partial charge >= 0.3 is 0 Å². The molecule has 1 heterocycles. The normalized spacial score (nSPS) is 23.7. The monoisotopic (exact) mass is 296 g/mol. The Hall–Kier alpha value is -1.30. The molecule has 0 spiro atoms. The van der Waals surface area contributed by atoms with Crippen molar-refractivity contribution in [1.29, 1.82) is 0 Å². The maximum absolute atomic E-state index is 12.6. The Kier molecular flexibility index (Phi) is 5.85. The third-order valence-corrected chi connectivity index (χ3v) is 4.90. The number of nitrogens with one attached hydrogen (secondary N) is 1. The van der Waals surface area contributed by atoms with Gasteiger partial charge in [0.15, 0.2) is 5.84 Å². The number of hydrogen-bond acceptors (Lipinski definition) is 4. The summed E-state index contributed by atoms with van der Waals surface area (Å²) in [5.74, 6) is -0.00724. The largest absolute Gasteiger partial charge is 0.409 e. The van der Waals surface area contributed by atoms with Crippen molar-refractivity contribution in [3.8, 4) is 0 Å². The van der Waals surface area contributed by atoms with Crippen LogP contribution in [0.1, 0.15) is 51.4 Å². The molecule has 21 heavy (non-hydrogen) atoms. The lowest BCUT2D eigenvalue weighted by Gasteiger charge is -2.35. The molecule has 2 rings (SSSR count). The van der Waals surface area contributed by atoms with E-state index in [1.807, 2.05) is 0 Å². The zero-order valence-electron chi connectivity index (χ0n) is 12.8. The van der Waals surface area contributed by atoms with Crippen LogP contribution in [0.2, 0.25) is 0 Å². The number of carbonyl (C=O) groups excluding carboxylic acids is 1. The first-order valence-electron chi connectivity index (χ1n) is 8.18. The summed E-state index contributed by atoms with van der Waals surface area (Å²) in [7, 11) is 0. The van der Waals surface area contributed by atoms with Gasteiger partial charge in [0.2, 0.25) is 5.91 Å². The van der Waals surface area contributed by atoms with Gasteiger partial charge in [-0.1, -0.05) is 30.8 Å². The molecule has 2 fully saturated rings. The maximum Gasteiger partial charge on any atom is 0.233 e. The summed E-state index contributed by atoms with van der Waals surface area (Å²) in [6.45, 7) is 3.78. The van der Waals surface area contributed by atoms with Crippen molar-refractivity contribution in [3.63, 3.8) is 0 Å². The van der Waals surface area contributed by atoms with Crippen LogP contribution in [0.15, 0.2) is 5.16 Å². The Morgan fingerprint density at radius 2 is 1.76 bits per heavy atom. The number of amides is 1. The molecule has 120 valence electrons.